The number of carbonyl (C=O) groups excluding carboxylic acids is 1. The number of hydrogen-bond donors (Lipinski definition) is 1. The number of aliphatic hydroxyl groups excluding tert-OH is 1. The van der Waals surface area contributed by atoms with Gasteiger partial charge in [0.2, 0.25) is 0 Å². The molecule has 1 aromatic rings. The average Bonchev–Trinajstić information content (AvgIpc) is 3.01. The Labute approximate surface area is 158 Å². The smallest absolute Gasteiger partial charge is 0.344 e. The maximum Gasteiger partial charge on any atom is 0.344 e. The molecule has 1 saturated carbocycles. The minimum absolute atomic E-state index is 0.0710. The van der Waals surface area contributed by atoms with Crippen molar-refractivity contribution >= 4 is 23.3 Å². The summed E-state index contributed by atoms with van der Waals surface area (Å²) < 4.78 is 5.71. The third-order valence-corrected chi connectivity index (χ3v) is 5.11. The molecule has 1 heterocycles. The molecule has 1 aromatic carbocycles. The Bertz CT molecular complexity index is 735. The Morgan fingerprint density at radius 2 is 2.15 bits per heavy atom. The van der Waals surface area contributed by atoms with Crippen LogP contribution in [0.5, 0.6) is 0 Å². The van der Waals surface area contributed by atoms with Crippen molar-refractivity contribution in [3.63, 3.8) is 0 Å². The molecule has 1 fully saturated rings. The number of halogens is 1. The van der Waals surface area contributed by atoms with Crippen molar-refractivity contribution < 1.29 is 19.5 Å². The summed E-state index contributed by atoms with van der Waals surface area (Å²) in [5.41, 5.74) is 0.954. The number of benzene rings is 1. The normalized spacial score (nSPS) is 19.8. The Morgan fingerprint density at radius 3 is 2.81 bits per heavy atom. The van der Waals surface area contributed by atoms with Gasteiger partial charge < -0.3 is 14.7 Å². The highest BCUT2D eigenvalue weighted by molar-refractivity contribution is 6.30. The van der Waals surface area contributed by atoms with E-state index in [1.165, 1.54) is 0 Å². The first-order valence-electron chi connectivity index (χ1n) is 9.12. The van der Waals surface area contributed by atoms with Crippen LogP contribution >= 0.6 is 11.6 Å². The fourth-order valence-corrected chi connectivity index (χ4v) is 3.86. The monoisotopic (exact) mass is 377 g/mol. The molecule has 1 spiro atoms. The third-order valence-electron chi connectivity index (χ3n) is 4.88. The van der Waals surface area contributed by atoms with Crippen LogP contribution < -0.4 is 0 Å². The molecule has 0 amide bonds. The molecule has 0 saturated heterocycles. The number of carbonyl (C=O) groups is 1. The van der Waals surface area contributed by atoms with Crippen LogP contribution in [-0.4, -0.2) is 22.4 Å². The van der Waals surface area contributed by atoms with E-state index in [-0.39, 0.29) is 17.9 Å². The summed E-state index contributed by atoms with van der Waals surface area (Å²) in [6.07, 6.45) is 5.32. The van der Waals surface area contributed by atoms with E-state index < -0.39 is 11.6 Å². The van der Waals surface area contributed by atoms with Crippen LogP contribution in [0.2, 0.25) is 5.02 Å². The first-order valence-corrected chi connectivity index (χ1v) is 9.50. The Morgan fingerprint density at radius 1 is 1.38 bits per heavy atom. The molecule has 1 N–H and O–H groups in total. The largest absolute Gasteiger partial charge is 0.511 e. The van der Waals surface area contributed by atoms with Gasteiger partial charge in [0.1, 0.15) is 23.5 Å². The lowest BCUT2D eigenvalue weighted by molar-refractivity contribution is -0.157. The Kier molecular flexibility index (Phi) is 5.87. The van der Waals surface area contributed by atoms with Crippen molar-refractivity contribution in [2.24, 2.45) is 5.16 Å². The van der Waals surface area contributed by atoms with Gasteiger partial charge in [0.05, 0.1) is 5.71 Å². The molecule has 0 bridgehead atoms. The zero-order chi connectivity index (χ0) is 18.6. The Balaban J connectivity index is 1.76. The first kappa shape index (κ1) is 18.8. The van der Waals surface area contributed by atoms with Gasteiger partial charge in [0.25, 0.3) is 0 Å². The zero-order valence-corrected chi connectivity index (χ0v) is 15.7. The van der Waals surface area contributed by atoms with E-state index in [1.54, 1.807) is 12.1 Å². The highest BCUT2D eigenvalue weighted by Gasteiger charge is 2.44. The van der Waals surface area contributed by atoms with Gasteiger partial charge in [0.15, 0.2) is 0 Å². The summed E-state index contributed by atoms with van der Waals surface area (Å²) in [6.45, 7) is 2.22. The predicted octanol–water partition coefficient (Wildman–Crippen LogP) is 5.08. The summed E-state index contributed by atoms with van der Waals surface area (Å²) in [7, 11) is 0. The molecule has 1 aliphatic heterocycles. The molecule has 0 atom stereocenters. The number of oxime groups is 1. The quantitative estimate of drug-likeness (QED) is 0.426. The lowest BCUT2D eigenvalue weighted by Gasteiger charge is -2.33. The van der Waals surface area contributed by atoms with E-state index in [0.717, 1.165) is 37.7 Å². The van der Waals surface area contributed by atoms with Crippen molar-refractivity contribution in [2.45, 2.75) is 64.1 Å². The molecule has 0 aromatic heterocycles. The van der Waals surface area contributed by atoms with Crippen molar-refractivity contribution in [2.75, 3.05) is 0 Å². The summed E-state index contributed by atoms with van der Waals surface area (Å²) in [4.78, 5) is 18.0. The van der Waals surface area contributed by atoms with Crippen molar-refractivity contribution in [3.8, 4) is 0 Å². The number of ether oxygens (including phenoxy) is 1. The summed E-state index contributed by atoms with van der Waals surface area (Å²) in [5.74, 6) is -0.420. The fourth-order valence-electron chi connectivity index (χ4n) is 3.64. The maximum atomic E-state index is 12.6. The van der Waals surface area contributed by atoms with Gasteiger partial charge in [-0.15, -0.1) is 0 Å². The minimum atomic E-state index is -0.524. The molecule has 26 heavy (non-hydrogen) atoms. The molecule has 140 valence electrons. The molecule has 5 nitrogen and oxygen atoms in total. The van der Waals surface area contributed by atoms with Crippen LogP contribution in [0.15, 0.2) is 40.8 Å². The molecule has 2 aliphatic rings. The topological polar surface area (TPSA) is 68.1 Å². The first-order chi connectivity index (χ1) is 12.5. The lowest BCUT2D eigenvalue weighted by Crippen LogP contribution is -2.39. The molecule has 1 aliphatic carbocycles. The number of nitrogens with zero attached hydrogens (tertiary/aromatic N) is 1. The standard InChI is InChI=1S/C20H24ClNO4/c1-2-6-16(22-25-13-14-7-5-8-15(21)11-14)18-17(23)12-20(26-19(18)24)9-3-4-10-20/h5,7-8,11,23H,2-4,6,9-10,12-13H2,1H3. The lowest BCUT2D eigenvalue weighted by atomic mass is 9.90. The minimum Gasteiger partial charge on any atom is -0.511 e. The highest BCUT2D eigenvalue weighted by atomic mass is 35.5. The van der Waals surface area contributed by atoms with Crippen LogP contribution in [-0.2, 0) is 21.0 Å². The molecule has 3 rings (SSSR count). The molecular formula is C20H24ClNO4. The SMILES string of the molecule is CCCC(=NOCc1cccc(Cl)c1)C1=C(O)CC2(CCCC2)OC1=O. The van der Waals surface area contributed by atoms with E-state index in [4.69, 9.17) is 21.2 Å². The van der Waals surface area contributed by atoms with Gasteiger partial charge in [0, 0.05) is 11.4 Å². The van der Waals surface area contributed by atoms with Crippen molar-refractivity contribution in [1.29, 1.82) is 0 Å². The van der Waals surface area contributed by atoms with Gasteiger partial charge >= 0.3 is 5.97 Å². The summed E-state index contributed by atoms with van der Waals surface area (Å²) >= 11 is 5.96. The third kappa shape index (κ3) is 4.21. The molecular weight excluding hydrogens is 354 g/mol. The van der Waals surface area contributed by atoms with Gasteiger partial charge in [-0.3, -0.25) is 0 Å². The van der Waals surface area contributed by atoms with Crippen molar-refractivity contribution in [1.82, 2.24) is 0 Å². The summed E-state index contributed by atoms with van der Waals surface area (Å²) in [5, 5.41) is 15.3. The van der Waals surface area contributed by atoms with E-state index in [1.807, 2.05) is 19.1 Å². The second kappa shape index (κ2) is 8.12. The number of hydrogen-bond acceptors (Lipinski definition) is 5. The van der Waals surface area contributed by atoms with Crippen LogP contribution in [0, 0.1) is 0 Å². The van der Waals surface area contributed by atoms with Crippen LogP contribution in [0.3, 0.4) is 0 Å². The van der Waals surface area contributed by atoms with Crippen LogP contribution in [0.25, 0.3) is 0 Å². The second-order valence-corrected chi connectivity index (χ2v) is 7.41. The van der Waals surface area contributed by atoms with Gasteiger partial charge in [-0.1, -0.05) is 42.2 Å². The maximum absolute atomic E-state index is 12.6. The molecule has 6 heteroatoms. The average molecular weight is 378 g/mol. The van der Waals surface area contributed by atoms with E-state index in [2.05, 4.69) is 5.16 Å². The highest BCUT2D eigenvalue weighted by Crippen LogP contribution is 2.42. The van der Waals surface area contributed by atoms with E-state index in [9.17, 15) is 9.90 Å². The van der Waals surface area contributed by atoms with Crippen LogP contribution in [0.1, 0.15) is 57.4 Å². The Hall–Kier alpha value is -2.01. The molecule has 0 radical (unpaired) electrons. The predicted molar refractivity (Wildman–Crippen MR) is 100 cm³/mol. The molecule has 0 unspecified atom stereocenters. The van der Waals surface area contributed by atoms with Crippen molar-refractivity contribution in [3.05, 3.63) is 46.2 Å². The zero-order valence-electron chi connectivity index (χ0n) is 15.0. The summed E-state index contributed by atoms with van der Waals surface area (Å²) in [6, 6.07) is 7.31. The van der Waals surface area contributed by atoms with Crippen LogP contribution in [0.4, 0.5) is 0 Å². The number of aliphatic hydroxyl groups is 1. The second-order valence-electron chi connectivity index (χ2n) is 6.97. The van der Waals surface area contributed by atoms with Gasteiger partial charge in [-0.2, -0.15) is 0 Å². The van der Waals surface area contributed by atoms with E-state index in [0.29, 0.717) is 23.6 Å². The number of rotatable bonds is 6. The van der Waals surface area contributed by atoms with Gasteiger partial charge in [-0.25, -0.2) is 4.79 Å². The van der Waals surface area contributed by atoms with E-state index >= 15 is 0 Å². The number of esters is 1. The van der Waals surface area contributed by atoms with Gasteiger partial charge in [-0.05, 0) is 49.8 Å². The fraction of sp³-hybridized carbons (Fsp3) is 0.500.